The van der Waals surface area contributed by atoms with Gasteiger partial charge in [0.15, 0.2) is 0 Å². The highest BCUT2D eigenvalue weighted by Gasteiger charge is 2.27. The first-order chi connectivity index (χ1) is 11.9. The molecule has 0 heterocycles. The molecule has 2 aromatic rings. The summed E-state index contributed by atoms with van der Waals surface area (Å²) in [6, 6.07) is 17.9. The van der Waals surface area contributed by atoms with Crippen LogP contribution in [0.5, 0.6) is 0 Å². The van der Waals surface area contributed by atoms with E-state index >= 15 is 0 Å². The molecule has 3 N–H and O–H groups in total. The number of hydrogen-bond acceptors (Lipinski definition) is 3. The van der Waals surface area contributed by atoms with Crippen LogP contribution in [0.4, 0.5) is 0 Å². The quantitative estimate of drug-likeness (QED) is 0.722. The van der Waals surface area contributed by atoms with Crippen molar-refractivity contribution in [3.05, 3.63) is 71.8 Å². The molecule has 2 atom stereocenters. The van der Waals surface area contributed by atoms with E-state index < -0.39 is 11.6 Å². The van der Waals surface area contributed by atoms with Gasteiger partial charge >= 0.3 is 0 Å². The number of rotatable bonds is 7. The summed E-state index contributed by atoms with van der Waals surface area (Å²) in [6.07, 6.45) is -0.118. The summed E-state index contributed by atoms with van der Waals surface area (Å²) in [5.74, 6) is -0.646. The van der Waals surface area contributed by atoms with Gasteiger partial charge in [-0.3, -0.25) is 9.59 Å². The second kappa shape index (κ2) is 8.44. The number of nitrogens with one attached hydrogen (secondary N) is 2. The van der Waals surface area contributed by atoms with E-state index in [2.05, 4.69) is 10.6 Å². The van der Waals surface area contributed by atoms with E-state index in [4.69, 9.17) is 0 Å². The number of benzene rings is 2. The Kier molecular flexibility index (Phi) is 6.31. The number of aliphatic hydroxyl groups is 1. The minimum Gasteiger partial charge on any atom is -0.385 e. The lowest BCUT2D eigenvalue weighted by molar-refractivity contribution is -0.131. The zero-order valence-electron chi connectivity index (χ0n) is 14.5. The predicted octanol–water partition coefficient (Wildman–Crippen LogP) is 2.11. The Balaban J connectivity index is 1.84. The Morgan fingerprint density at radius 2 is 1.60 bits per heavy atom. The van der Waals surface area contributed by atoms with Crippen LogP contribution in [0.25, 0.3) is 0 Å². The van der Waals surface area contributed by atoms with Crippen molar-refractivity contribution in [1.82, 2.24) is 10.6 Å². The van der Waals surface area contributed by atoms with Gasteiger partial charge in [0.25, 0.3) is 0 Å². The van der Waals surface area contributed by atoms with Gasteiger partial charge < -0.3 is 15.7 Å². The molecule has 0 saturated heterocycles. The van der Waals surface area contributed by atoms with E-state index in [1.165, 1.54) is 0 Å². The van der Waals surface area contributed by atoms with Gasteiger partial charge in [0.1, 0.15) is 6.04 Å². The van der Waals surface area contributed by atoms with Crippen LogP contribution in [-0.4, -0.2) is 23.0 Å². The van der Waals surface area contributed by atoms with Crippen molar-refractivity contribution in [3.8, 4) is 0 Å². The molecular weight excluding hydrogens is 316 g/mol. The summed E-state index contributed by atoms with van der Waals surface area (Å²) in [5.41, 5.74) is 0.360. The third-order valence-electron chi connectivity index (χ3n) is 3.98. The second-order valence-electron chi connectivity index (χ2n) is 6.31. The lowest BCUT2D eigenvalue weighted by Crippen LogP contribution is -2.46. The maximum absolute atomic E-state index is 12.2. The Labute approximate surface area is 148 Å². The smallest absolute Gasteiger partial charge is 0.242 e. The normalized spacial score (nSPS) is 14.2. The first-order valence-electron chi connectivity index (χ1n) is 8.27. The molecule has 25 heavy (non-hydrogen) atoms. The van der Waals surface area contributed by atoms with Crippen LogP contribution >= 0.6 is 0 Å². The molecule has 2 amide bonds. The molecule has 5 nitrogen and oxygen atoms in total. The highest BCUT2D eigenvalue weighted by atomic mass is 16.3. The number of amides is 2. The van der Waals surface area contributed by atoms with Crippen molar-refractivity contribution < 1.29 is 14.7 Å². The zero-order valence-corrected chi connectivity index (χ0v) is 14.5. The van der Waals surface area contributed by atoms with Crippen LogP contribution in [-0.2, 0) is 21.7 Å². The summed E-state index contributed by atoms with van der Waals surface area (Å²) in [6.45, 7) is 3.61. The van der Waals surface area contributed by atoms with Crippen LogP contribution in [0.15, 0.2) is 60.7 Å². The molecule has 0 aliphatic rings. The SMILES string of the molecule is CC(NC(=O)CC(C)(O)c1ccccc1)C(=O)NCc1ccccc1. The van der Waals surface area contributed by atoms with Crippen molar-refractivity contribution in [1.29, 1.82) is 0 Å². The van der Waals surface area contributed by atoms with Gasteiger partial charge in [-0.05, 0) is 25.0 Å². The van der Waals surface area contributed by atoms with Gasteiger partial charge in [0, 0.05) is 6.54 Å². The van der Waals surface area contributed by atoms with Crippen molar-refractivity contribution in [2.75, 3.05) is 0 Å². The Hall–Kier alpha value is -2.66. The maximum atomic E-state index is 12.2. The molecule has 0 fully saturated rings. The first kappa shape index (κ1) is 18.7. The fourth-order valence-corrected chi connectivity index (χ4v) is 2.51. The summed E-state index contributed by atoms with van der Waals surface area (Å²) in [7, 11) is 0. The number of carbonyl (C=O) groups excluding carboxylic acids is 2. The molecule has 0 aromatic heterocycles. The molecule has 5 heteroatoms. The zero-order chi connectivity index (χ0) is 18.3. The molecule has 0 spiro atoms. The molecule has 2 aromatic carbocycles. The van der Waals surface area contributed by atoms with Gasteiger partial charge in [-0.1, -0.05) is 60.7 Å². The summed E-state index contributed by atoms with van der Waals surface area (Å²) in [5, 5.41) is 15.9. The average molecular weight is 340 g/mol. The summed E-state index contributed by atoms with van der Waals surface area (Å²) < 4.78 is 0. The molecule has 0 aliphatic heterocycles. The fraction of sp³-hybridized carbons (Fsp3) is 0.300. The van der Waals surface area contributed by atoms with Crippen LogP contribution in [0.2, 0.25) is 0 Å². The molecule has 0 radical (unpaired) electrons. The average Bonchev–Trinajstić information content (AvgIpc) is 2.60. The molecule has 2 rings (SSSR count). The van der Waals surface area contributed by atoms with E-state index in [1.807, 2.05) is 36.4 Å². The standard InChI is InChI=1S/C20H24N2O3/c1-15(19(24)21-14-16-9-5-3-6-10-16)22-18(23)13-20(2,25)17-11-7-4-8-12-17/h3-12,15,25H,13-14H2,1-2H3,(H,21,24)(H,22,23). The number of hydrogen-bond donors (Lipinski definition) is 3. The van der Waals surface area contributed by atoms with E-state index in [0.29, 0.717) is 12.1 Å². The fourth-order valence-electron chi connectivity index (χ4n) is 2.51. The highest BCUT2D eigenvalue weighted by molar-refractivity contribution is 5.87. The monoisotopic (exact) mass is 340 g/mol. The van der Waals surface area contributed by atoms with Gasteiger partial charge in [-0.25, -0.2) is 0 Å². The van der Waals surface area contributed by atoms with Gasteiger partial charge in [-0.15, -0.1) is 0 Å². The molecular formula is C20H24N2O3. The Bertz CT molecular complexity index is 699. The third-order valence-corrected chi connectivity index (χ3v) is 3.98. The summed E-state index contributed by atoms with van der Waals surface area (Å²) in [4.78, 5) is 24.3. The van der Waals surface area contributed by atoms with Crippen molar-refractivity contribution in [2.24, 2.45) is 0 Å². The summed E-state index contributed by atoms with van der Waals surface area (Å²) >= 11 is 0. The highest BCUT2D eigenvalue weighted by Crippen LogP contribution is 2.23. The van der Waals surface area contributed by atoms with Crippen LogP contribution in [0, 0.1) is 0 Å². The molecule has 0 bridgehead atoms. The van der Waals surface area contributed by atoms with Crippen molar-refractivity contribution in [3.63, 3.8) is 0 Å². The molecule has 132 valence electrons. The topological polar surface area (TPSA) is 78.4 Å². The van der Waals surface area contributed by atoms with E-state index in [1.54, 1.807) is 38.1 Å². The van der Waals surface area contributed by atoms with Gasteiger partial charge in [0.2, 0.25) is 11.8 Å². The van der Waals surface area contributed by atoms with Gasteiger partial charge in [-0.2, -0.15) is 0 Å². The molecule has 0 aliphatic carbocycles. The minimum absolute atomic E-state index is 0.118. The maximum Gasteiger partial charge on any atom is 0.242 e. The van der Waals surface area contributed by atoms with Crippen molar-refractivity contribution >= 4 is 11.8 Å². The van der Waals surface area contributed by atoms with Crippen LogP contribution in [0.3, 0.4) is 0 Å². The largest absolute Gasteiger partial charge is 0.385 e. The van der Waals surface area contributed by atoms with E-state index in [-0.39, 0.29) is 18.2 Å². The number of carbonyl (C=O) groups is 2. The molecule has 0 saturated carbocycles. The lowest BCUT2D eigenvalue weighted by Gasteiger charge is -2.24. The predicted molar refractivity (Wildman–Crippen MR) is 96.5 cm³/mol. The van der Waals surface area contributed by atoms with Crippen molar-refractivity contribution in [2.45, 2.75) is 38.5 Å². The minimum atomic E-state index is -1.29. The van der Waals surface area contributed by atoms with Crippen LogP contribution < -0.4 is 10.6 Å². The second-order valence-corrected chi connectivity index (χ2v) is 6.31. The van der Waals surface area contributed by atoms with E-state index in [9.17, 15) is 14.7 Å². The van der Waals surface area contributed by atoms with E-state index in [0.717, 1.165) is 5.56 Å². The first-order valence-corrected chi connectivity index (χ1v) is 8.27. The van der Waals surface area contributed by atoms with Crippen LogP contribution in [0.1, 0.15) is 31.4 Å². The Morgan fingerprint density at radius 1 is 1.04 bits per heavy atom. The lowest BCUT2D eigenvalue weighted by atomic mass is 9.92. The Morgan fingerprint density at radius 3 is 2.20 bits per heavy atom. The van der Waals surface area contributed by atoms with Gasteiger partial charge in [0.05, 0.1) is 12.0 Å². The molecule has 2 unspecified atom stereocenters. The third kappa shape index (κ3) is 5.72.